The highest BCUT2D eigenvalue weighted by atomic mass is 19.1. The first-order chi connectivity index (χ1) is 7.72. The van der Waals surface area contributed by atoms with E-state index in [9.17, 15) is 9.18 Å². The maximum absolute atomic E-state index is 13.8. The summed E-state index contributed by atoms with van der Waals surface area (Å²) in [6.45, 7) is 2.91. The summed E-state index contributed by atoms with van der Waals surface area (Å²) in [4.78, 5) is 20.3. The van der Waals surface area contributed by atoms with Gasteiger partial charge in [0, 0.05) is 19.0 Å². The van der Waals surface area contributed by atoms with Gasteiger partial charge in [-0.1, -0.05) is 0 Å². The van der Waals surface area contributed by atoms with E-state index in [0.29, 0.717) is 18.1 Å². The van der Waals surface area contributed by atoms with E-state index in [4.69, 9.17) is 0 Å². The van der Waals surface area contributed by atoms with Crippen LogP contribution in [0.4, 0.5) is 10.2 Å². The average Bonchev–Trinajstić information content (AvgIpc) is 2.33. The molecule has 1 aromatic heterocycles. The molecule has 1 unspecified atom stereocenters. The second kappa shape index (κ2) is 4.55. The largest absolute Gasteiger partial charge is 0.353 e. The zero-order chi connectivity index (χ0) is 11.5. The van der Waals surface area contributed by atoms with Gasteiger partial charge in [0.15, 0.2) is 11.6 Å². The zero-order valence-corrected chi connectivity index (χ0v) is 9.19. The van der Waals surface area contributed by atoms with Gasteiger partial charge in [0.05, 0.1) is 5.69 Å². The van der Waals surface area contributed by atoms with E-state index in [2.05, 4.69) is 9.97 Å². The first-order valence-corrected chi connectivity index (χ1v) is 5.39. The van der Waals surface area contributed by atoms with Crippen LogP contribution in [0.25, 0.3) is 0 Å². The quantitative estimate of drug-likeness (QED) is 0.710. The first kappa shape index (κ1) is 11.0. The molecule has 16 heavy (non-hydrogen) atoms. The van der Waals surface area contributed by atoms with Gasteiger partial charge < -0.3 is 9.69 Å². The number of aryl methyl sites for hydroxylation is 1. The molecule has 0 spiro atoms. The van der Waals surface area contributed by atoms with E-state index in [0.717, 1.165) is 25.7 Å². The van der Waals surface area contributed by atoms with E-state index >= 15 is 0 Å². The molecule has 1 fully saturated rings. The Bertz CT molecular complexity index is 397. The Labute approximate surface area is 93.5 Å². The number of carbonyl (C=O) groups excluding carboxylic acids is 1. The van der Waals surface area contributed by atoms with Gasteiger partial charge in [-0.05, 0) is 19.8 Å². The van der Waals surface area contributed by atoms with Gasteiger partial charge in [0.2, 0.25) is 0 Å². The molecule has 0 amide bonds. The SMILES string of the molecule is Cc1ncnc(N2CCCC(C=O)C2)c1F. The zero-order valence-electron chi connectivity index (χ0n) is 9.19. The molecule has 1 saturated heterocycles. The summed E-state index contributed by atoms with van der Waals surface area (Å²) in [6.07, 6.45) is 4.08. The molecule has 5 heteroatoms. The normalized spacial score (nSPS) is 20.9. The molecule has 1 aliphatic rings. The van der Waals surface area contributed by atoms with Crippen molar-refractivity contribution >= 4 is 12.1 Å². The van der Waals surface area contributed by atoms with E-state index < -0.39 is 0 Å². The Kier molecular flexibility index (Phi) is 3.12. The summed E-state index contributed by atoms with van der Waals surface area (Å²) in [5.74, 6) is -0.0727. The van der Waals surface area contributed by atoms with Crippen molar-refractivity contribution in [3.05, 3.63) is 17.8 Å². The second-order valence-corrected chi connectivity index (χ2v) is 4.08. The molecular formula is C11H14FN3O. The van der Waals surface area contributed by atoms with Crippen LogP contribution in [-0.2, 0) is 4.79 Å². The molecule has 0 radical (unpaired) electrons. The second-order valence-electron chi connectivity index (χ2n) is 4.08. The third kappa shape index (κ3) is 2.03. The highest BCUT2D eigenvalue weighted by Crippen LogP contribution is 2.23. The molecule has 0 saturated carbocycles. The van der Waals surface area contributed by atoms with Crippen LogP contribution in [0, 0.1) is 18.7 Å². The fourth-order valence-electron chi connectivity index (χ4n) is 1.98. The number of anilines is 1. The minimum absolute atomic E-state index is 0.0107. The third-order valence-electron chi connectivity index (χ3n) is 2.90. The predicted molar refractivity (Wildman–Crippen MR) is 57.7 cm³/mol. The van der Waals surface area contributed by atoms with Gasteiger partial charge in [0.1, 0.15) is 12.6 Å². The molecular weight excluding hydrogens is 209 g/mol. The van der Waals surface area contributed by atoms with Crippen molar-refractivity contribution in [2.45, 2.75) is 19.8 Å². The number of hydrogen-bond donors (Lipinski definition) is 0. The standard InChI is InChI=1S/C11H14FN3O/c1-8-10(12)11(14-7-13-8)15-4-2-3-9(5-15)6-16/h6-7,9H,2-5H2,1H3. The number of nitrogens with zero attached hydrogens (tertiary/aromatic N) is 3. The highest BCUT2D eigenvalue weighted by molar-refractivity contribution is 5.56. The van der Waals surface area contributed by atoms with Gasteiger partial charge >= 0.3 is 0 Å². The molecule has 2 heterocycles. The third-order valence-corrected chi connectivity index (χ3v) is 2.90. The number of piperidine rings is 1. The monoisotopic (exact) mass is 223 g/mol. The molecule has 86 valence electrons. The summed E-state index contributed by atoms with van der Waals surface area (Å²) in [6, 6.07) is 0. The van der Waals surface area contributed by atoms with Crippen molar-refractivity contribution in [2.75, 3.05) is 18.0 Å². The number of aromatic nitrogens is 2. The van der Waals surface area contributed by atoms with Crippen molar-refractivity contribution < 1.29 is 9.18 Å². The van der Waals surface area contributed by atoms with E-state index in [-0.39, 0.29) is 11.7 Å². The van der Waals surface area contributed by atoms with Crippen LogP contribution in [0.15, 0.2) is 6.33 Å². The smallest absolute Gasteiger partial charge is 0.186 e. The van der Waals surface area contributed by atoms with Gasteiger partial charge in [-0.25, -0.2) is 14.4 Å². The molecule has 0 bridgehead atoms. The Balaban J connectivity index is 2.23. The lowest BCUT2D eigenvalue weighted by atomic mass is 10.00. The maximum Gasteiger partial charge on any atom is 0.186 e. The summed E-state index contributed by atoms with van der Waals surface area (Å²) < 4.78 is 13.8. The molecule has 1 atom stereocenters. The fraction of sp³-hybridized carbons (Fsp3) is 0.545. The predicted octanol–water partition coefficient (Wildman–Crippen LogP) is 1.34. The summed E-state index contributed by atoms with van der Waals surface area (Å²) in [5, 5.41) is 0. The first-order valence-electron chi connectivity index (χ1n) is 5.39. The number of hydrogen-bond acceptors (Lipinski definition) is 4. The van der Waals surface area contributed by atoms with Crippen LogP contribution in [0.3, 0.4) is 0 Å². The molecule has 1 aromatic rings. The van der Waals surface area contributed by atoms with Gasteiger partial charge in [-0.2, -0.15) is 0 Å². The highest BCUT2D eigenvalue weighted by Gasteiger charge is 2.23. The van der Waals surface area contributed by atoms with Crippen molar-refractivity contribution in [2.24, 2.45) is 5.92 Å². The lowest BCUT2D eigenvalue weighted by Gasteiger charge is -2.31. The Morgan fingerprint density at radius 2 is 2.38 bits per heavy atom. The number of rotatable bonds is 2. The topological polar surface area (TPSA) is 46.1 Å². The number of halogens is 1. The molecule has 0 aliphatic carbocycles. The minimum Gasteiger partial charge on any atom is -0.353 e. The molecule has 2 rings (SSSR count). The van der Waals surface area contributed by atoms with Crippen molar-refractivity contribution in [1.82, 2.24) is 9.97 Å². The molecule has 0 aromatic carbocycles. The fourth-order valence-corrected chi connectivity index (χ4v) is 1.98. The van der Waals surface area contributed by atoms with Crippen molar-refractivity contribution in [3.8, 4) is 0 Å². The van der Waals surface area contributed by atoms with Crippen LogP contribution in [0.1, 0.15) is 18.5 Å². The van der Waals surface area contributed by atoms with Crippen LogP contribution in [0.2, 0.25) is 0 Å². The van der Waals surface area contributed by atoms with E-state index in [1.54, 1.807) is 6.92 Å². The molecule has 4 nitrogen and oxygen atoms in total. The van der Waals surface area contributed by atoms with Crippen LogP contribution in [-0.4, -0.2) is 29.3 Å². The lowest BCUT2D eigenvalue weighted by molar-refractivity contribution is -0.111. The van der Waals surface area contributed by atoms with Crippen LogP contribution < -0.4 is 4.90 Å². The number of carbonyl (C=O) groups is 1. The average molecular weight is 223 g/mol. The summed E-state index contributed by atoms with van der Waals surface area (Å²) >= 11 is 0. The molecule has 0 N–H and O–H groups in total. The Hall–Kier alpha value is -1.52. The lowest BCUT2D eigenvalue weighted by Crippen LogP contribution is -2.37. The summed E-state index contributed by atoms with van der Waals surface area (Å²) in [5.41, 5.74) is 0.346. The van der Waals surface area contributed by atoms with Crippen LogP contribution >= 0.6 is 0 Å². The van der Waals surface area contributed by atoms with E-state index in [1.807, 2.05) is 4.90 Å². The number of aldehydes is 1. The Morgan fingerprint density at radius 1 is 1.56 bits per heavy atom. The van der Waals surface area contributed by atoms with Crippen molar-refractivity contribution in [3.63, 3.8) is 0 Å². The Morgan fingerprint density at radius 3 is 3.12 bits per heavy atom. The van der Waals surface area contributed by atoms with Crippen molar-refractivity contribution in [1.29, 1.82) is 0 Å². The molecule has 1 aliphatic heterocycles. The van der Waals surface area contributed by atoms with Gasteiger partial charge in [-0.3, -0.25) is 0 Å². The minimum atomic E-state index is -0.381. The van der Waals surface area contributed by atoms with Crippen LogP contribution in [0.5, 0.6) is 0 Å². The van der Waals surface area contributed by atoms with Gasteiger partial charge in [-0.15, -0.1) is 0 Å². The summed E-state index contributed by atoms with van der Waals surface area (Å²) in [7, 11) is 0. The van der Waals surface area contributed by atoms with Gasteiger partial charge in [0.25, 0.3) is 0 Å². The van der Waals surface area contributed by atoms with E-state index in [1.165, 1.54) is 6.33 Å². The maximum atomic E-state index is 13.8.